The Morgan fingerprint density at radius 1 is 1.02 bits per heavy atom. The van der Waals surface area contributed by atoms with Crippen LogP contribution in [-0.2, 0) is 4.79 Å². The number of benzene rings is 4. The normalized spacial score (nSPS) is 14.9. The SMILES string of the molecule is Cc1ccc(C)c(NC(=O)CSC2=C(C#N)[C@@H](c3ccccc3Cl)C(c3nc4ccccc4s3)=C(c3ccccc3)N2)c1. The Morgan fingerprint density at radius 3 is 2.53 bits per heavy atom. The molecule has 1 amide bonds. The second-order valence-electron chi connectivity index (χ2n) is 10.2. The van der Waals surface area contributed by atoms with Crippen molar-refractivity contribution < 1.29 is 4.79 Å². The summed E-state index contributed by atoms with van der Waals surface area (Å²) >= 11 is 9.73. The van der Waals surface area contributed by atoms with Gasteiger partial charge in [0.25, 0.3) is 0 Å². The maximum absolute atomic E-state index is 13.1. The number of aryl methyl sites for hydroxylation is 2. The number of para-hydroxylation sites is 1. The number of nitriles is 1. The predicted octanol–water partition coefficient (Wildman–Crippen LogP) is 8.93. The van der Waals surface area contributed by atoms with Crippen LogP contribution in [0.2, 0.25) is 5.02 Å². The summed E-state index contributed by atoms with van der Waals surface area (Å²) in [6, 6.07) is 34.1. The van der Waals surface area contributed by atoms with E-state index in [1.54, 1.807) is 11.3 Å². The van der Waals surface area contributed by atoms with E-state index in [1.807, 2.05) is 105 Å². The molecular formula is C35H27ClN4OS2. The van der Waals surface area contributed by atoms with Gasteiger partial charge in [-0.3, -0.25) is 4.79 Å². The zero-order chi connectivity index (χ0) is 29.9. The van der Waals surface area contributed by atoms with Crippen LogP contribution in [0.1, 0.15) is 33.2 Å². The molecule has 0 spiro atoms. The van der Waals surface area contributed by atoms with Crippen molar-refractivity contribution in [1.82, 2.24) is 10.3 Å². The molecule has 1 aliphatic heterocycles. The van der Waals surface area contributed by atoms with Crippen molar-refractivity contribution in [3.63, 3.8) is 0 Å². The third-order valence-corrected chi connectivity index (χ3v) is 9.70. The van der Waals surface area contributed by atoms with Gasteiger partial charge in [-0.05, 0) is 60.4 Å². The van der Waals surface area contributed by atoms with E-state index in [0.717, 1.165) is 54.4 Å². The van der Waals surface area contributed by atoms with Crippen molar-refractivity contribution in [2.24, 2.45) is 0 Å². The Bertz CT molecular complexity index is 1920. The third kappa shape index (κ3) is 5.95. The van der Waals surface area contributed by atoms with Gasteiger partial charge >= 0.3 is 0 Å². The number of dihydropyridines is 1. The first-order valence-corrected chi connectivity index (χ1v) is 15.9. The highest BCUT2D eigenvalue weighted by atomic mass is 35.5. The number of hydrogen-bond acceptors (Lipinski definition) is 6. The van der Waals surface area contributed by atoms with Crippen LogP contribution >= 0.6 is 34.7 Å². The number of aromatic nitrogens is 1. The summed E-state index contributed by atoms with van der Waals surface area (Å²) in [6.07, 6.45) is 0. The second kappa shape index (κ2) is 12.5. The lowest BCUT2D eigenvalue weighted by atomic mass is 9.81. The minimum absolute atomic E-state index is 0.120. The maximum atomic E-state index is 13.1. The van der Waals surface area contributed by atoms with Crippen LogP contribution in [0, 0.1) is 25.2 Å². The molecule has 0 bridgehead atoms. The summed E-state index contributed by atoms with van der Waals surface area (Å²) in [5, 5.41) is 19.3. The minimum Gasteiger partial charge on any atom is -0.349 e. The van der Waals surface area contributed by atoms with Gasteiger partial charge in [-0.2, -0.15) is 5.26 Å². The molecule has 0 fully saturated rings. The fraction of sp³-hybridized carbons (Fsp3) is 0.114. The number of carbonyl (C=O) groups is 1. The van der Waals surface area contributed by atoms with Crippen molar-refractivity contribution in [2.75, 3.05) is 11.1 Å². The number of thioether (sulfide) groups is 1. The molecule has 0 radical (unpaired) electrons. The summed E-state index contributed by atoms with van der Waals surface area (Å²) in [4.78, 5) is 18.2. The van der Waals surface area contributed by atoms with E-state index in [9.17, 15) is 10.1 Å². The number of fused-ring (bicyclic) bond motifs is 1. The number of carbonyl (C=O) groups excluding carboxylic acids is 1. The van der Waals surface area contributed by atoms with E-state index >= 15 is 0 Å². The molecule has 5 nitrogen and oxygen atoms in total. The predicted molar refractivity (Wildman–Crippen MR) is 180 cm³/mol. The zero-order valence-corrected chi connectivity index (χ0v) is 25.9. The van der Waals surface area contributed by atoms with Crippen LogP contribution in [0.4, 0.5) is 5.69 Å². The van der Waals surface area contributed by atoms with Crippen LogP contribution in [0.15, 0.2) is 108 Å². The van der Waals surface area contributed by atoms with Gasteiger partial charge in [0.15, 0.2) is 0 Å². The molecule has 1 atom stereocenters. The fourth-order valence-corrected chi connectivity index (χ4v) is 7.29. The van der Waals surface area contributed by atoms with Gasteiger partial charge < -0.3 is 10.6 Å². The number of rotatable bonds is 7. The van der Waals surface area contributed by atoms with E-state index in [1.165, 1.54) is 11.8 Å². The van der Waals surface area contributed by atoms with Crippen molar-refractivity contribution >= 4 is 67.8 Å². The minimum atomic E-state index is -0.500. The van der Waals surface area contributed by atoms with Crippen LogP contribution in [0.5, 0.6) is 0 Å². The molecule has 0 saturated carbocycles. The summed E-state index contributed by atoms with van der Waals surface area (Å²) < 4.78 is 1.06. The van der Waals surface area contributed by atoms with Gasteiger partial charge in [-0.1, -0.05) is 96.2 Å². The Balaban J connectivity index is 1.47. The lowest BCUT2D eigenvalue weighted by molar-refractivity contribution is -0.113. The van der Waals surface area contributed by atoms with Crippen molar-refractivity contribution in [3.8, 4) is 6.07 Å². The highest BCUT2D eigenvalue weighted by molar-refractivity contribution is 8.03. The first-order valence-electron chi connectivity index (χ1n) is 13.7. The number of halogens is 1. The first kappa shape index (κ1) is 28.8. The number of nitrogens with one attached hydrogen (secondary N) is 2. The summed E-state index contributed by atoms with van der Waals surface area (Å²) in [5.74, 6) is -0.531. The Morgan fingerprint density at radius 2 is 1.77 bits per heavy atom. The number of hydrogen-bond donors (Lipinski definition) is 2. The molecule has 5 aromatic rings. The molecule has 6 rings (SSSR count). The smallest absolute Gasteiger partial charge is 0.234 e. The molecular weight excluding hydrogens is 592 g/mol. The molecule has 212 valence electrons. The Kier molecular flexibility index (Phi) is 8.35. The van der Waals surface area contributed by atoms with Crippen LogP contribution in [0.25, 0.3) is 21.5 Å². The number of nitrogens with zero attached hydrogens (tertiary/aromatic N) is 2. The topological polar surface area (TPSA) is 77.8 Å². The van der Waals surface area contributed by atoms with E-state index in [2.05, 4.69) is 22.8 Å². The standard InChI is InChI=1S/C35H27ClN4OS2/c1-21-16-17-22(2)28(18-21)38-30(41)20-42-34-25(19-37)31(24-12-6-7-13-26(24)36)32(33(40-34)23-10-4-3-5-11-23)35-39-27-14-8-9-15-29(27)43-35/h3-18,31,40H,20H2,1-2H3,(H,38,41)/t31-/m1/s1. The van der Waals surface area contributed by atoms with Crippen LogP contribution in [-0.4, -0.2) is 16.6 Å². The maximum Gasteiger partial charge on any atom is 0.234 e. The molecule has 0 unspecified atom stereocenters. The average molecular weight is 619 g/mol. The van der Waals surface area contributed by atoms with E-state index in [0.29, 0.717) is 15.6 Å². The quantitative estimate of drug-likeness (QED) is 0.190. The van der Waals surface area contributed by atoms with E-state index in [4.69, 9.17) is 16.6 Å². The van der Waals surface area contributed by atoms with E-state index < -0.39 is 5.92 Å². The molecule has 2 N–H and O–H groups in total. The van der Waals surface area contributed by atoms with E-state index in [-0.39, 0.29) is 11.7 Å². The molecule has 1 aliphatic rings. The van der Waals surface area contributed by atoms with Crippen LogP contribution < -0.4 is 10.6 Å². The highest BCUT2D eigenvalue weighted by Crippen LogP contribution is 2.50. The number of thiazole rings is 1. The van der Waals surface area contributed by atoms with Gasteiger partial charge in [0.1, 0.15) is 5.01 Å². The fourth-order valence-electron chi connectivity index (χ4n) is 5.16. The van der Waals surface area contributed by atoms with Gasteiger partial charge in [-0.25, -0.2) is 4.98 Å². The first-order chi connectivity index (χ1) is 20.9. The lowest BCUT2D eigenvalue weighted by Crippen LogP contribution is -2.25. The van der Waals surface area contributed by atoms with Gasteiger partial charge in [0.05, 0.1) is 44.3 Å². The number of amides is 1. The third-order valence-electron chi connectivity index (χ3n) is 7.27. The Labute approximate surface area is 263 Å². The van der Waals surface area contributed by atoms with Gasteiger partial charge in [-0.15, -0.1) is 11.3 Å². The van der Waals surface area contributed by atoms with Crippen molar-refractivity contribution in [3.05, 3.63) is 140 Å². The number of allylic oxidation sites excluding steroid dienone is 2. The monoisotopic (exact) mass is 618 g/mol. The molecule has 8 heteroatoms. The van der Waals surface area contributed by atoms with Gasteiger partial charge in [0, 0.05) is 16.3 Å². The summed E-state index contributed by atoms with van der Waals surface area (Å²) in [6.45, 7) is 3.96. The summed E-state index contributed by atoms with van der Waals surface area (Å²) in [7, 11) is 0. The molecule has 0 saturated heterocycles. The molecule has 2 heterocycles. The molecule has 0 aliphatic carbocycles. The van der Waals surface area contributed by atoms with Crippen molar-refractivity contribution in [2.45, 2.75) is 19.8 Å². The number of anilines is 1. The second-order valence-corrected chi connectivity index (χ2v) is 12.7. The highest BCUT2D eigenvalue weighted by Gasteiger charge is 2.36. The Hall–Kier alpha value is -4.35. The molecule has 1 aromatic heterocycles. The van der Waals surface area contributed by atoms with Crippen LogP contribution in [0.3, 0.4) is 0 Å². The zero-order valence-electron chi connectivity index (χ0n) is 23.5. The molecule has 4 aromatic carbocycles. The van der Waals surface area contributed by atoms with Crippen molar-refractivity contribution in [1.29, 1.82) is 5.26 Å². The molecule has 43 heavy (non-hydrogen) atoms. The van der Waals surface area contributed by atoms with Gasteiger partial charge in [0.2, 0.25) is 5.91 Å². The average Bonchev–Trinajstić information content (AvgIpc) is 3.46. The summed E-state index contributed by atoms with van der Waals surface area (Å²) in [5.41, 5.74) is 7.70. The lowest BCUT2D eigenvalue weighted by Gasteiger charge is -2.31. The largest absolute Gasteiger partial charge is 0.349 e.